The molecule has 0 atom stereocenters. The van der Waals surface area contributed by atoms with E-state index in [0.717, 1.165) is 44.3 Å². The minimum absolute atomic E-state index is 0.607. The van der Waals surface area contributed by atoms with E-state index in [1.165, 1.54) is 42.0 Å². The summed E-state index contributed by atoms with van der Waals surface area (Å²) < 4.78 is 7.14. The number of aromatic nitrogens is 2. The zero-order valence-electron chi connectivity index (χ0n) is 26.1. The van der Waals surface area contributed by atoms with Crippen molar-refractivity contribution >= 4 is 75.1 Å². The van der Waals surface area contributed by atoms with Crippen LogP contribution in [0.5, 0.6) is 0 Å². The van der Waals surface area contributed by atoms with Crippen molar-refractivity contribution in [3.05, 3.63) is 157 Å². The molecule has 10 aromatic rings. The van der Waals surface area contributed by atoms with E-state index in [9.17, 15) is 10.5 Å². The molecule has 0 radical (unpaired) electrons. The van der Waals surface area contributed by atoms with Gasteiger partial charge in [-0.2, -0.15) is 10.5 Å². The highest BCUT2D eigenvalue weighted by molar-refractivity contribution is 7.26. The maximum Gasteiger partial charge on any atom is 0.0991 e. The smallest absolute Gasteiger partial charge is 0.0991 e. The molecule has 0 amide bonds. The van der Waals surface area contributed by atoms with E-state index in [1.54, 1.807) is 0 Å². The zero-order chi connectivity index (χ0) is 32.6. The summed E-state index contributed by atoms with van der Waals surface area (Å²) in [7, 11) is 0. The fraction of sp³-hybridized carbons (Fsp3) is 0. The number of fused-ring (bicyclic) bond motifs is 10. The van der Waals surface area contributed by atoms with Crippen LogP contribution >= 0.6 is 11.3 Å². The number of thiophene rings is 1. The van der Waals surface area contributed by atoms with Crippen molar-refractivity contribution in [2.24, 2.45) is 0 Å². The van der Waals surface area contributed by atoms with Gasteiger partial charge in [0.05, 0.1) is 55.7 Å². The second kappa shape index (κ2) is 10.4. The van der Waals surface area contributed by atoms with Crippen LogP contribution in [0.4, 0.5) is 0 Å². The summed E-state index contributed by atoms with van der Waals surface area (Å²) in [6.45, 7) is 0. The first kappa shape index (κ1) is 27.5. The standard InChI is InChI=1S/C44H24N4S/c45-25-27-14-19-40(48-39-13-7-5-11-32(39)36-23-28(26-46)15-20-41(36)48)35(22-27)29-16-21-42-37(24-29)34-18-17-33-31-10-4-6-12-38(31)47(43(33)44(34)49-42)30-8-2-1-3-9-30/h1-24H. The van der Waals surface area contributed by atoms with E-state index in [0.29, 0.717) is 11.1 Å². The van der Waals surface area contributed by atoms with Gasteiger partial charge in [-0.25, -0.2) is 0 Å². The maximum absolute atomic E-state index is 10.0. The average molecular weight is 641 g/mol. The summed E-state index contributed by atoms with van der Waals surface area (Å²) in [5, 5.41) is 26.7. The van der Waals surface area contributed by atoms with Gasteiger partial charge in [0.2, 0.25) is 0 Å². The molecule has 0 N–H and O–H groups in total. The Bertz CT molecular complexity index is 3070. The molecule has 0 fully saturated rings. The molecule has 0 saturated heterocycles. The highest BCUT2D eigenvalue weighted by Gasteiger charge is 2.20. The fourth-order valence-electron chi connectivity index (χ4n) is 7.63. The molecule has 0 aliphatic rings. The molecule has 5 heteroatoms. The normalized spacial score (nSPS) is 11.6. The number of benzene rings is 7. The Hall–Kier alpha value is -6.66. The second-order valence-corrected chi connectivity index (χ2v) is 13.4. The van der Waals surface area contributed by atoms with Crippen molar-refractivity contribution in [3.8, 4) is 34.6 Å². The number of rotatable bonds is 3. The van der Waals surface area contributed by atoms with Crippen LogP contribution in [0.1, 0.15) is 11.1 Å². The topological polar surface area (TPSA) is 57.4 Å². The third kappa shape index (κ3) is 3.95. The SMILES string of the molecule is N#Cc1ccc(-n2c3ccccc3c3cc(C#N)ccc32)c(-c2ccc3sc4c(ccc5c6ccccc6n(-c6ccccc6)c54)c3c2)c1. The Morgan fingerprint density at radius 3 is 1.92 bits per heavy atom. The van der Waals surface area contributed by atoms with Gasteiger partial charge in [0.1, 0.15) is 0 Å². The highest BCUT2D eigenvalue weighted by Crippen LogP contribution is 2.45. The summed E-state index contributed by atoms with van der Waals surface area (Å²) in [5.74, 6) is 0. The van der Waals surface area contributed by atoms with Gasteiger partial charge in [0.25, 0.3) is 0 Å². The van der Waals surface area contributed by atoms with E-state index in [-0.39, 0.29) is 0 Å². The summed E-state index contributed by atoms with van der Waals surface area (Å²) in [6.07, 6.45) is 0. The van der Waals surface area contributed by atoms with Crippen molar-refractivity contribution in [1.82, 2.24) is 9.13 Å². The van der Waals surface area contributed by atoms with E-state index in [1.807, 2.05) is 53.8 Å². The molecule has 0 saturated carbocycles. The number of hydrogen-bond acceptors (Lipinski definition) is 3. The Balaban J connectivity index is 1.26. The fourth-order valence-corrected chi connectivity index (χ4v) is 8.85. The lowest BCUT2D eigenvalue weighted by Gasteiger charge is -2.15. The molecule has 10 rings (SSSR count). The Kier molecular flexibility index (Phi) is 5.84. The molecule has 3 aromatic heterocycles. The Morgan fingerprint density at radius 2 is 1.12 bits per heavy atom. The van der Waals surface area contributed by atoms with E-state index in [4.69, 9.17) is 0 Å². The summed E-state index contributed by atoms with van der Waals surface area (Å²) in [5.41, 5.74) is 9.88. The van der Waals surface area contributed by atoms with Crippen LogP contribution in [0.3, 0.4) is 0 Å². The lowest BCUT2D eigenvalue weighted by Crippen LogP contribution is -1.98. The molecule has 0 bridgehead atoms. The minimum Gasteiger partial charge on any atom is -0.309 e. The van der Waals surface area contributed by atoms with Gasteiger partial charge in [-0.1, -0.05) is 72.8 Å². The van der Waals surface area contributed by atoms with Crippen LogP contribution < -0.4 is 0 Å². The van der Waals surface area contributed by atoms with Gasteiger partial charge in [-0.3, -0.25) is 0 Å². The van der Waals surface area contributed by atoms with Crippen LogP contribution in [-0.4, -0.2) is 9.13 Å². The molecular formula is C44H24N4S. The van der Waals surface area contributed by atoms with Gasteiger partial charge < -0.3 is 9.13 Å². The first-order valence-electron chi connectivity index (χ1n) is 16.1. The number of nitrogens with zero attached hydrogens (tertiary/aromatic N) is 4. The third-order valence-electron chi connectivity index (χ3n) is 9.77. The molecule has 4 nitrogen and oxygen atoms in total. The van der Waals surface area contributed by atoms with E-state index in [2.05, 4.69) is 124 Å². The van der Waals surface area contributed by atoms with E-state index < -0.39 is 0 Å². The summed E-state index contributed by atoms with van der Waals surface area (Å²) in [6, 6.07) is 55.3. The summed E-state index contributed by atoms with van der Waals surface area (Å²) in [4.78, 5) is 0. The predicted molar refractivity (Wildman–Crippen MR) is 203 cm³/mol. The van der Waals surface area contributed by atoms with Crippen molar-refractivity contribution in [1.29, 1.82) is 10.5 Å². The molecule has 0 spiro atoms. The molecule has 0 aliphatic heterocycles. The van der Waals surface area contributed by atoms with Gasteiger partial charge in [-0.15, -0.1) is 11.3 Å². The largest absolute Gasteiger partial charge is 0.309 e. The Labute approximate surface area is 285 Å². The van der Waals surface area contributed by atoms with Gasteiger partial charge in [0, 0.05) is 48.3 Å². The molecule has 7 aromatic carbocycles. The minimum atomic E-state index is 0.607. The highest BCUT2D eigenvalue weighted by atomic mass is 32.1. The number of para-hydroxylation sites is 3. The van der Waals surface area contributed by atoms with Crippen LogP contribution in [0.2, 0.25) is 0 Å². The predicted octanol–water partition coefficient (Wildman–Crippen LogP) is 11.7. The first-order chi connectivity index (χ1) is 24.2. The number of nitriles is 2. The molecule has 0 aliphatic carbocycles. The monoisotopic (exact) mass is 640 g/mol. The van der Waals surface area contributed by atoms with E-state index >= 15 is 0 Å². The molecule has 3 heterocycles. The van der Waals surface area contributed by atoms with Gasteiger partial charge >= 0.3 is 0 Å². The lowest BCUT2D eigenvalue weighted by molar-refractivity contribution is 1.18. The van der Waals surface area contributed by atoms with Crippen molar-refractivity contribution < 1.29 is 0 Å². The average Bonchev–Trinajstić information content (AvgIpc) is 3.82. The first-order valence-corrected chi connectivity index (χ1v) is 17.0. The molecule has 226 valence electrons. The zero-order valence-corrected chi connectivity index (χ0v) is 26.9. The van der Waals surface area contributed by atoms with Crippen molar-refractivity contribution in [3.63, 3.8) is 0 Å². The van der Waals surface area contributed by atoms with Crippen LogP contribution in [-0.2, 0) is 0 Å². The van der Waals surface area contributed by atoms with Crippen molar-refractivity contribution in [2.75, 3.05) is 0 Å². The summed E-state index contributed by atoms with van der Waals surface area (Å²) >= 11 is 1.83. The lowest BCUT2D eigenvalue weighted by atomic mass is 9.98. The molecule has 49 heavy (non-hydrogen) atoms. The quantitative estimate of drug-likeness (QED) is 0.193. The number of hydrogen-bond donors (Lipinski definition) is 0. The van der Waals surface area contributed by atoms with Crippen LogP contribution in [0.15, 0.2) is 146 Å². The molecule has 0 unspecified atom stereocenters. The maximum atomic E-state index is 10.0. The second-order valence-electron chi connectivity index (χ2n) is 12.4. The van der Waals surface area contributed by atoms with Crippen LogP contribution in [0.25, 0.3) is 86.3 Å². The van der Waals surface area contributed by atoms with Crippen molar-refractivity contribution in [2.45, 2.75) is 0 Å². The van der Waals surface area contributed by atoms with Gasteiger partial charge in [-0.05, 0) is 78.4 Å². The van der Waals surface area contributed by atoms with Gasteiger partial charge in [0.15, 0.2) is 0 Å². The third-order valence-corrected chi connectivity index (χ3v) is 11.0. The molecular weight excluding hydrogens is 617 g/mol. The Morgan fingerprint density at radius 1 is 0.469 bits per heavy atom. The van der Waals surface area contributed by atoms with Crippen LogP contribution in [0, 0.1) is 22.7 Å².